The van der Waals surface area contributed by atoms with Gasteiger partial charge in [-0.1, -0.05) is 0 Å². The maximum Gasteiger partial charge on any atom is 0.321 e. The molecule has 1 saturated carbocycles. The van der Waals surface area contributed by atoms with Gasteiger partial charge in [0, 0.05) is 25.7 Å². The highest BCUT2D eigenvalue weighted by atomic mass is 16.2. The Kier molecular flexibility index (Phi) is 6.07. The summed E-state index contributed by atoms with van der Waals surface area (Å²) in [6, 6.07) is -0.0716. The molecule has 1 aliphatic rings. The SMILES string of the molecule is CCNC(=O)NC(=O)C(C)NCCN(C)C1CC1. The smallest absolute Gasteiger partial charge is 0.321 e. The Labute approximate surface area is 108 Å². The number of hydrogen-bond donors (Lipinski definition) is 3. The van der Waals surface area contributed by atoms with Crippen LogP contribution in [0.3, 0.4) is 0 Å². The third-order valence-electron chi connectivity index (χ3n) is 3.05. The van der Waals surface area contributed by atoms with Crippen molar-refractivity contribution in [3.63, 3.8) is 0 Å². The van der Waals surface area contributed by atoms with Crippen molar-refractivity contribution in [3.8, 4) is 0 Å². The Morgan fingerprint density at radius 3 is 2.61 bits per heavy atom. The summed E-state index contributed by atoms with van der Waals surface area (Å²) in [5.41, 5.74) is 0. The average molecular weight is 256 g/mol. The standard InChI is InChI=1S/C12H24N4O2/c1-4-13-12(18)15-11(17)9(2)14-7-8-16(3)10-5-6-10/h9-10,14H,4-8H2,1-3H3,(H2,13,15,17,18). The number of imide groups is 1. The van der Waals surface area contributed by atoms with Gasteiger partial charge in [0.2, 0.25) is 5.91 Å². The zero-order valence-corrected chi connectivity index (χ0v) is 11.5. The summed E-state index contributed by atoms with van der Waals surface area (Å²) in [5, 5.41) is 7.92. The number of amides is 3. The van der Waals surface area contributed by atoms with Crippen molar-refractivity contribution in [3.05, 3.63) is 0 Å². The van der Waals surface area contributed by atoms with Crippen LogP contribution in [-0.2, 0) is 4.79 Å². The van der Waals surface area contributed by atoms with Crippen LogP contribution in [-0.4, -0.2) is 55.6 Å². The molecule has 3 amide bonds. The highest BCUT2D eigenvalue weighted by molar-refractivity contribution is 5.96. The summed E-state index contributed by atoms with van der Waals surface area (Å²) in [4.78, 5) is 25.1. The summed E-state index contributed by atoms with van der Waals surface area (Å²) in [5.74, 6) is -0.296. The van der Waals surface area contributed by atoms with Gasteiger partial charge in [0.05, 0.1) is 6.04 Å². The molecule has 1 aliphatic carbocycles. The van der Waals surface area contributed by atoms with Gasteiger partial charge < -0.3 is 15.5 Å². The van der Waals surface area contributed by atoms with E-state index >= 15 is 0 Å². The first-order valence-corrected chi connectivity index (χ1v) is 6.57. The minimum Gasteiger partial charge on any atom is -0.338 e. The zero-order chi connectivity index (χ0) is 13.5. The molecule has 6 heteroatoms. The van der Waals surface area contributed by atoms with Crippen molar-refractivity contribution < 1.29 is 9.59 Å². The molecule has 104 valence electrons. The second kappa shape index (κ2) is 7.33. The minimum absolute atomic E-state index is 0.296. The fourth-order valence-corrected chi connectivity index (χ4v) is 1.67. The fourth-order valence-electron chi connectivity index (χ4n) is 1.67. The predicted molar refractivity (Wildman–Crippen MR) is 70.3 cm³/mol. The van der Waals surface area contributed by atoms with Gasteiger partial charge in [-0.2, -0.15) is 0 Å². The van der Waals surface area contributed by atoms with Gasteiger partial charge in [0.1, 0.15) is 0 Å². The third-order valence-corrected chi connectivity index (χ3v) is 3.05. The zero-order valence-electron chi connectivity index (χ0n) is 11.5. The van der Waals surface area contributed by atoms with Crippen molar-refractivity contribution in [2.45, 2.75) is 38.8 Å². The number of carbonyl (C=O) groups is 2. The molecule has 0 saturated heterocycles. The number of urea groups is 1. The lowest BCUT2D eigenvalue weighted by atomic mass is 10.3. The van der Waals surface area contributed by atoms with E-state index in [0.717, 1.165) is 19.1 Å². The van der Waals surface area contributed by atoms with E-state index in [2.05, 4.69) is 27.9 Å². The first-order valence-electron chi connectivity index (χ1n) is 6.57. The Morgan fingerprint density at radius 2 is 2.06 bits per heavy atom. The van der Waals surface area contributed by atoms with E-state index in [0.29, 0.717) is 6.54 Å². The molecule has 0 bridgehead atoms. The monoisotopic (exact) mass is 256 g/mol. The van der Waals surface area contributed by atoms with Gasteiger partial charge in [-0.3, -0.25) is 10.1 Å². The van der Waals surface area contributed by atoms with Crippen LogP contribution in [0.2, 0.25) is 0 Å². The molecule has 0 aliphatic heterocycles. The van der Waals surface area contributed by atoms with Crippen LogP contribution in [0.15, 0.2) is 0 Å². The highest BCUT2D eigenvalue weighted by Gasteiger charge is 2.25. The molecule has 0 radical (unpaired) electrons. The summed E-state index contributed by atoms with van der Waals surface area (Å²) < 4.78 is 0. The van der Waals surface area contributed by atoms with Crippen molar-refractivity contribution in [2.75, 3.05) is 26.7 Å². The fraction of sp³-hybridized carbons (Fsp3) is 0.833. The van der Waals surface area contributed by atoms with E-state index in [1.807, 2.05) is 0 Å². The van der Waals surface area contributed by atoms with Crippen molar-refractivity contribution in [2.24, 2.45) is 0 Å². The third kappa shape index (κ3) is 5.46. The van der Waals surface area contributed by atoms with Crippen LogP contribution in [0.4, 0.5) is 4.79 Å². The molecule has 18 heavy (non-hydrogen) atoms. The van der Waals surface area contributed by atoms with Gasteiger partial charge in [0.15, 0.2) is 0 Å². The molecule has 0 aromatic heterocycles. The van der Waals surface area contributed by atoms with Crippen LogP contribution in [0.25, 0.3) is 0 Å². The molecule has 0 aromatic carbocycles. The molecule has 1 unspecified atom stereocenters. The topological polar surface area (TPSA) is 73.5 Å². The average Bonchev–Trinajstić information content (AvgIpc) is 3.12. The normalized spacial score (nSPS) is 16.4. The molecule has 6 nitrogen and oxygen atoms in total. The molecular formula is C12H24N4O2. The molecule has 0 heterocycles. The Bertz CT molecular complexity index is 292. The number of likely N-dealkylation sites (N-methyl/N-ethyl adjacent to an activating group) is 1. The van der Waals surface area contributed by atoms with Gasteiger partial charge in [-0.15, -0.1) is 0 Å². The van der Waals surface area contributed by atoms with E-state index in [1.54, 1.807) is 13.8 Å². The number of nitrogens with zero attached hydrogens (tertiary/aromatic N) is 1. The second-order valence-electron chi connectivity index (χ2n) is 4.74. The Balaban J connectivity index is 2.12. The lowest BCUT2D eigenvalue weighted by Gasteiger charge is -2.18. The molecule has 1 fully saturated rings. The maximum atomic E-state index is 11.6. The second-order valence-corrected chi connectivity index (χ2v) is 4.74. The van der Waals surface area contributed by atoms with E-state index in [-0.39, 0.29) is 11.9 Å². The maximum absolute atomic E-state index is 11.6. The summed E-state index contributed by atoms with van der Waals surface area (Å²) in [6.07, 6.45) is 2.56. The van der Waals surface area contributed by atoms with Gasteiger partial charge >= 0.3 is 6.03 Å². The summed E-state index contributed by atoms with van der Waals surface area (Å²) >= 11 is 0. The predicted octanol–water partition coefficient (Wildman–Crippen LogP) is -0.0956. The minimum atomic E-state index is -0.439. The summed E-state index contributed by atoms with van der Waals surface area (Å²) in [6.45, 7) is 5.73. The number of carbonyl (C=O) groups excluding carboxylic acids is 2. The van der Waals surface area contributed by atoms with Crippen LogP contribution in [0.1, 0.15) is 26.7 Å². The first-order chi connectivity index (χ1) is 8.54. The van der Waals surface area contributed by atoms with Gasteiger partial charge in [0.25, 0.3) is 0 Å². The summed E-state index contributed by atoms with van der Waals surface area (Å²) in [7, 11) is 2.10. The lowest BCUT2D eigenvalue weighted by Crippen LogP contribution is -2.49. The molecule has 0 aromatic rings. The number of rotatable bonds is 7. The van der Waals surface area contributed by atoms with E-state index in [9.17, 15) is 9.59 Å². The van der Waals surface area contributed by atoms with Gasteiger partial charge in [-0.05, 0) is 33.7 Å². The largest absolute Gasteiger partial charge is 0.338 e. The Hall–Kier alpha value is -1.14. The van der Waals surface area contributed by atoms with Gasteiger partial charge in [-0.25, -0.2) is 4.79 Å². The van der Waals surface area contributed by atoms with Crippen LogP contribution < -0.4 is 16.0 Å². The highest BCUT2D eigenvalue weighted by Crippen LogP contribution is 2.24. The first kappa shape index (κ1) is 14.9. The molecule has 1 rings (SSSR count). The van der Waals surface area contributed by atoms with Crippen molar-refractivity contribution >= 4 is 11.9 Å². The quantitative estimate of drug-likeness (QED) is 0.595. The molecule has 3 N–H and O–H groups in total. The van der Waals surface area contributed by atoms with E-state index in [4.69, 9.17) is 0 Å². The van der Waals surface area contributed by atoms with E-state index in [1.165, 1.54) is 12.8 Å². The van der Waals surface area contributed by atoms with Crippen LogP contribution in [0, 0.1) is 0 Å². The van der Waals surface area contributed by atoms with Crippen LogP contribution >= 0.6 is 0 Å². The molecule has 0 spiro atoms. The Morgan fingerprint density at radius 1 is 1.39 bits per heavy atom. The van der Waals surface area contributed by atoms with Crippen LogP contribution in [0.5, 0.6) is 0 Å². The number of hydrogen-bond acceptors (Lipinski definition) is 4. The molecule has 1 atom stereocenters. The van der Waals surface area contributed by atoms with Crippen molar-refractivity contribution in [1.29, 1.82) is 0 Å². The van der Waals surface area contributed by atoms with E-state index < -0.39 is 6.03 Å². The molecular weight excluding hydrogens is 232 g/mol. The van der Waals surface area contributed by atoms with Crippen molar-refractivity contribution in [1.82, 2.24) is 20.9 Å². The lowest BCUT2D eigenvalue weighted by molar-refractivity contribution is -0.121. The number of nitrogens with one attached hydrogen (secondary N) is 3.